The third-order valence-corrected chi connectivity index (χ3v) is 6.30. The molecule has 2 aliphatic rings. The second kappa shape index (κ2) is 7.32. The largest absolute Gasteiger partial charge is 0.387 e. The molecule has 0 radical (unpaired) electrons. The lowest BCUT2D eigenvalue weighted by atomic mass is 9.92. The Hall–Kier alpha value is -2.06. The summed E-state index contributed by atoms with van der Waals surface area (Å²) in [7, 11) is 0. The van der Waals surface area contributed by atoms with Crippen molar-refractivity contribution in [1.82, 2.24) is 29.6 Å². The highest BCUT2D eigenvalue weighted by Gasteiger charge is 2.39. The number of carbonyl (C=O) groups excluding carboxylic acids is 1. The van der Waals surface area contributed by atoms with Crippen molar-refractivity contribution in [2.45, 2.75) is 63.9 Å². The van der Waals surface area contributed by atoms with E-state index in [-0.39, 0.29) is 11.3 Å². The van der Waals surface area contributed by atoms with Crippen LogP contribution in [0.2, 0.25) is 0 Å². The third kappa shape index (κ3) is 4.14. The highest BCUT2D eigenvalue weighted by atomic mass is 16.3. The number of fused-ring (bicyclic) bond motifs is 1. The Kier molecular flexibility index (Phi) is 5.11. The predicted molar refractivity (Wildman–Crippen MR) is 110 cm³/mol. The van der Waals surface area contributed by atoms with Gasteiger partial charge in [-0.2, -0.15) is 9.61 Å². The zero-order valence-corrected chi connectivity index (χ0v) is 17.9. The summed E-state index contributed by atoms with van der Waals surface area (Å²) in [4.78, 5) is 15.6. The molecule has 2 saturated heterocycles. The van der Waals surface area contributed by atoms with Crippen LogP contribution < -0.4 is 0 Å². The smallest absolute Gasteiger partial charge is 0.219 e. The normalized spacial score (nSPS) is 24.5. The van der Waals surface area contributed by atoms with Crippen LogP contribution in [-0.4, -0.2) is 78.9 Å². The van der Waals surface area contributed by atoms with Gasteiger partial charge in [-0.1, -0.05) is 20.8 Å². The predicted octanol–water partition coefficient (Wildman–Crippen LogP) is 1.58. The second-order valence-electron chi connectivity index (χ2n) is 9.76. The lowest BCUT2D eigenvalue weighted by Gasteiger charge is -2.36. The minimum Gasteiger partial charge on any atom is -0.387 e. The summed E-state index contributed by atoms with van der Waals surface area (Å²) in [5.41, 5.74) is 1.01. The highest BCUT2D eigenvalue weighted by Crippen LogP contribution is 2.30. The van der Waals surface area contributed by atoms with Crippen molar-refractivity contribution < 1.29 is 9.90 Å². The highest BCUT2D eigenvalue weighted by molar-refractivity contribution is 5.73. The molecular weight excluding hydrogens is 368 g/mol. The summed E-state index contributed by atoms with van der Waals surface area (Å²) in [5, 5.41) is 24.5. The molecule has 0 bridgehead atoms. The van der Waals surface area contributed by atoms with Gasteiger partial charge in [0.2, 0.25) is 5.91 Å². The van der Waals surface area contributed by atoms with E-state index in [1.165, 1.54) is 0 Å². The number of carbonyl (C=O) groups is 1. The second-order valence-corrected chi connectivity index (χ2v) is 9.76. The van der Waals surface area contributed by atoms with Gasteiger partial charge in [0, 0.05) is 31.3 Å². The minimum atomic E-state index is -0.788. The number of β-amino-alcohol motifs (C(OH)–C–C–N with tert-alkyl or cyclic N) is 1. The van der Waals surface area contributed by atoms with Crippen molar-refractivity contribution in [3.63, 3.8) is 0 Å². The molecule has 1 N–H and O–H groups in total. The van der Waals surface area contributed by atoms with E-state index in [0.29, 0.717) is 32.0 Å². The Balaban J connectivity index is 1.42. The molecular formula is C21H32N6O2. The van der Waals surface area contributed by atoms with Crippen LogP contribution in [-0.2, 0) is 10.2 Å². The quantitative estimate of drug-likeness (QED) is 0.842. The van der Waals surface area contributed by atoms with Crippen LogP contribution in [0.1, 0.15) is 64.4 Å². The van der Waals surface area contributed by atoms with Crippen LogP contribution in [0.25, 0.3) is 5.65 Å². The first-order valence-electron chi connectivity index (χ1n) is 10.6. The van der Waals surface area contributed by atoms with E-state index in [1.54, 1.807) is 11.8 Å². The van der Waals surface area contributed by atoms with Crippen LogP contribution in [0, 0.1) is 0 Å². The zero-order chi connectivity index (χ0) is 20.8. The number of likely N-dealkylation sites (tertiary alicyclic amines) is 2. The van der Waals surface area contributed by atoms with Gasteiger partial charge >= 0.3 is 0 Å². The minimum absolute atomic E-state index is 0.0242. The fourth-order valence-electron chi connectivity index (χ4n) is 4.48. The van der Waals surface area contributed by atoms with Crippen LogP contribution in [0.15, 0.2) is 12.1 Å². The third-order valence-electron chi connectivity index (χ3n) is 6.30. The molecule has 8 nitrogen and oxygen atoms in total. The number of aromatic nitrogens is 4. The van der Waals surface area contributed by atoms with E-state index in [9.17, 15) is 9.90 Å². The van der Waals surface area contributed by atoms with Gasteiger partial charge in [0.15, 0.2) is 11.5 Å². The van der Waals surface area contributed by atoms with Crippen molar-refractivity contribution in [3.05, 3.63) is 23.7 Å². The Morgan fingerprint density at radius 3 is 2.55 bits per heavy atom. The number of hydrogen-bond acceptors (Lipinski definition) is 6. The summed E-state index contributed by atoms with van der Waals surface area (Å²) in [5.74, 6) is 1.30. The van der Waals surface area contributed by atoms with Gasteiger partial charge in [-0.15, -0.1) is 10.2 Å². The van der Waals surface area contributed by atoms with Gasteiger partial charge in [0.1, 0.15) is 0 Å². The summed E-state index contributed by atoms with van der Waals surface area (Å²) in [6, 6.07) is 4.03. The van der Waals surface area contributed by atoms with Gasteiger partial charge < -0.3 is 14.9 Å². The average molecular weight is 401 g/mol. The van der Waals surface area contributed by atoms with Crippen LogP contribution in [0.3, 0.4) is 0 Å². The first-order valence-corrected chi connectivity index (χ1v) is 10.6. The summed E-state index contributed by atoms with van der Waals surface area (Å²) in [6.45, 7) is 11.6. The number of amides is 1. The van der Waals surface area contributed by atoms with Gasteiger partial charge in [0.25, 0.3) is 0 Å². The van der Waals surface area contributed by atoms with Crippen molar-refractivity contribution >= 4 is 11.6 Å². The molecule has 1 amide bonds. The molecule has 4 heterocycles. The topological polar surface area (TPSA) is 86.9 Å². The first kappa shape index (κ1) is 20.2. The van der Waals surface area contributed by atoms with Crippen molar-refractivity contribution in [2.75, 3.05) is 32.7 Å². The summed E-state index contributed by atoms with van der Waals surface area (Å²) >= 11 is 0. The average Bonchev–Trinajstić information content (AvgIpc) is 3.25. The van der Waals surface area contributed by atoms with Gasteiger partial charge in [-0.3, -0.25) is 4.79 Å². The molecule has 1 unspecified atom stereocenters. The molecule has 8 heteroatoms. The molecule has 29 heavy (non-hydrogen) atoms. The van der Waals surface area contributed by atoms with E-state index < -0.39 is 5.60 Å². The first-order chi connectivity index (χ1) is 13.6. The molecule has 0 aromatic carbocycles. The van der Waals surface area contributed by atoms with Crippen molar-refractivity contribution in [1.29, 1.82) is 0 Å². The van der Waals surface area contributed by atoms with Gasteiger partial charge in [-0.05, 0) is 44.5 Å². The van der Waals surface area contributed by atoms with E-state index >= 15 is 0 Å². The van der Waals surface area contributed by atoms with E-state index in [2.05, 4.69) is 35.9 Å². The Labute approximate surface area is 171 Å². The van der Waals surface area contributed by atoms with Crippen molar-refractivity contribution in [2.24, 2.45) is 0 Å². The lowest BCUT2D eigenvalue weighted by Crippen LogP contribution is -2.47. The standard InChI is InChI=1S/C21H32N6O2/c1-15(28)26-12-9-21(29,14-26)13-25-10-7-16(8-11-25)19-23-22-18-6-5-17(20(2,3)4)24-27(18)19/h5-6,16,29H,7-14H2,1-4H3. The van der Waals surface area contributed by atoms with Crippen molar-refractivity contribution in [3.8, 4) is 0 Å². The SMILES string of the molecule is CC(=O)N1CCC(O)(CN2CCC(c3nnc4ccc(C(C)(C)C)nn34)CC2)C1. The fourth-order valence-corrected chi connectivity index (χ4v) is 4.48. The zero-order valence-electron chi connectivity index (χ0n) is 17.9. The maximum absolute atomic E-state index is 11.6. The molecule has 2 aromatic heterocycles. The number of nitrogens with zero attached hydrogens (tertiary/aromatic N) is 6. The molecule has 2 aromatic rings. The Morgan fingerprint density at radius 2 is 1.93 bits per heavy atom. The van der Waals surface area contributed by atoms with E-state index in [0.717, 1.165) is 43.1 Å². The lowest BCUT2D eigenvalue weighted by molar-refractivity contribution is -0.129. The monoisotopic (exact) mass is 400 g/mol. The molecule has 0 saturated carbocycles. The Morgan fingerprint density at radius 1 is 1.21 bits per heavy atom. The molecule has 0 spiro atoms. The molecule has 1 atom stereocenters. The number of rotatable bonds is 3. The summed E-state index contributed by atoms with van der Waals surface area (Å²) in [6.07, 6.45) is 2.59. The van der Waals surface area contributed by atoms with Crippen LogP contribution >= 0.6 is 0 Å². The summed E-state index contributed by atoms with van der Waals surface area (Å²) < 4.78 is 1.91. The molecule has 2 aliphatic heterocycles. The number of aliphatic hydroxyl groups is 1. The molecule has 2 fully saturated rings. The van der Waals surface area contributed by atoms with E-state index in [1.807, 2.05) is 16.6 Å². The van der Waals surface area contributed by atoms with E-state index in [4.69, 9.17) is 5.10 Å². The number of hydrogen-bond donors (Lipinski definition) is 1. The Bertz CT molecular complexity index is 896. The maximum Gasteiger partial charge on any atom is 0.219 e. The van der Waals surface area contributed by atoms with Gasteiger partial charge in [-0.25, -0.2) is 0 Å². The fraction of sp³-hybridized carbons (Fsp3) is 0.714. The molecule has 0 aliphatic carbocycles. The van der Waals surface area contributed by atoms with Crippen LogP contribution in [0.5, 0.6) is 0 Å². The molecule has 4 rings (SSSR count). The maximum atomic E-state index is 11.6. The number of piperidine rings is 1. The molecule has 158 valence electrons. The van der Waals surface area contributed by atoms with Crippen LogP contribution in [0.4, 0.5) is 0 Å². The van der Waals surface area contributed by atoms with Gasteiger partial charge in [0.05, 0.1) is 17.8 Å².